The molecular formula is C16H16N2O6W-6. The first kappa shape index (κ1) is 27.7. The van der Waals surface area contributed by atoms with Crippen molar-refractivity contribution in [2.45, 2.75) is 12.8 Å². The molecule has 8 nitrogen and oxygen atoms in total. The number of rotatable bonds is 4. The van der Waals surface area contributed by atoms with Gasteiger partial charge in [0.1, 0.15) is 0 Å². The van der Waals surface area contributed by atoms with Crippen molar-refractivity contribution in [3.05, 3.63) is 82.2 Å². The molecule has 2 rings (SSSR count). The maximum atomic E-state index is 10.6. The Morgan fingerprint density at radius 3 is 1.20 bits per heavy atom. The van der Waals surface area contributed by atoms with Crippen LogP contribution < -0.4 is 11.0 Å². The zero-order valence-corrected chi connectivity index (χ0v) is 16.0. The van der Waals surface area contributed by atoms with Crippen LogP contribution in [0.1, 0.15) is 11.1 Å². The van der Waals surface area contributed by atoms with E-state index < -0.39 is 11.8 Å². The summed E-state index contributed by atoms with van der Waals surface area (Å²) in [4.78, 5) is 21.1. The Balaban J connectivity index is -0.000000346. The molecule has 0 aliphatic rings. The van der Waals surface area contributed by atoms with Crippen molar-refractivity contribution >= 4 is 11.8 Å². The summed E-state index contributed by atoms with van der Waals surface area (Å²) in [6.45, 7) is 0. The smallest absolute Gasteiger partial charge is 0.213 e. The van der Waals surface area contributed by atoms with Gasteiger partial charge < -0.3 is 32.3 Å². The summed E-state index contributed by atoms with van der Waals surface area (Å²) in [5.41, 5.74) is 4.35. The molecule has 0 saturated carbocycles. The standard InChI is InChI=1S/2C8H8NO2.2O.W/c2*10-8(9-11)6-7-4-2-1-3-5-7;;;/h2*1-5H,6H2,(H-,9,10,11);;;/q2*-1;2*-2;. The van der Waals surface area contributed by atoms with Gasteiger partial charge in [-0.15, -0.1) is 0 Å². The van der Waals surface area contributed by atoms with Crippen LogP contribution in [0.4, 0.5) is 0 Å². The van der Waals surface area contributed by atoms with Gasteiger partial charge in [0.2, 0.25) is 11.8 Å². The summed E-state index contributed by atoms with van der Waals surface area (Å²) >= 11 is 0. The summed E-state index contributed by atoms with van der Waals surface area (Å²) in [6.07, 6.45) is 0.314. The summed E-state index contributed by atoms with van der Waals surface area (Å²) in [7, 11) is 0. The first-order chi connectivity index (χ1) is 10.7. The van der Waals surface area contributed by atoms with Crippen LogP contribution in [0.25, 0.3) is 0 Å². The quantitative estimate of drug-likeness (QED) is 0.589. The largest absolute Gasteiger partial charge is 2.00 e. The van der Waals surface area contributed by atoms with Crippen molar-refractivity contribution in [1.29, 1.82) is 0 Å². The van der Waals surface area contributed by atoms with E-state index in [-0.39, 0.29) is 44.9 Å². The SMILES string of the molecule is O=C(Cc1ccccc1)N[O-].O=C(Cc1ccccc1)N[O-].[O-2].[O-2].[W]. The third-order valence-electron chi connectivity index (χ3n) is 2.64. The van der Waals surface area contributed by atoms with Gasteiger partial charge in [0.25, 0.3) is 0 Å². The molecular weight excluding hydrogens is 500 g/mol. The van der Waals surface area contributed by atoms with Crippen LogP contribution in [0, 0.1) is 10.4 Å². The van der Waals surface area contributed by atoms with Crippen molar-refractivity contribution < 1.29 is 41.6 Å². The maximum absolute atomic E-state index is 10.6. The monoisotopic (exact) mass is 516 g/mol. The second-order valence-electron chi connectivity index (χ2n) is 4.38. The average molecular weight is 516 g/mol. The molecule has 25 heavy (non-hydrogen) atoms. The van der Waals surface area contributed by atoms with Gasteiger partial charge in [-0.3, -0.25) is 9.59 Å². The van der Waals surface area contributed by atoms with Crippen molar-refractivity contribution in [2.24, 2.45) is 0 Å². The van der Waals surface area contributed by atoms with E-state index in [9.17, 15) is 20.0 Å². The average Bonchev–Trinajstić information content (AvgIpc) is 2.57. The fraction of sp³-hybridized carbons (Fsp3) is 0.125. The van der Waals surface area contributed by atoms with Gasteiger partial charge in [-0.1, -0.05) is 60.7 Å². The number of carbonyl (C=O) groups is 2. The fourth-order valence-corrected chi connectivity index (χ4v) is 1.63. The summed E-state index contributed by atoms with van der Waals surface area (Å²) in [6, 6.07) is 18.2. The molecule has 0 fully saturated rings. The van der Waals surface area contributed by atoms with Crippen LogP contribution in [0.15, 0.2) is 60.7 Å². The Hall–Kier alpha value is -2.09. The van der Waals surface area contributed by atoms with Gasteiger partial charge in [-0.05, 0) is 11.1 Å². The van der Waals surface area contributed by atoms with Gasteiger partial charge >= 0.3 is 0 Å². The number of amides is 2. The van der Waals surface area contributed by atoms with E-state index in [1.54, 1.807) is 24.3 Å². The van der Waals surface area contributed by atoms with Crippen molar-refractivity contribution in [1.82, 2.24) is 11.0 Å². The van der Waals surface area contributed by atoms with Crippen LogP contribution in [0.5, 0.6) is 0 Å². The Labute approximate surface area is 159 Å². The zero-order chi connectivity index (χ0) is 16.2. The van der Waals surface area contributed by atoms with Crippen LogP contribution in [0.3, 0.4) is 0 Å². The predicted octanol–water partition coefficient (Wildman–Crippen LogP) is 1.45. The Kier molecular flexibility index (Phi) is 18.6. The molecule has 2 aromatic rings. The first-order valence-corrected chi connectivity index (χ1v) is 6.55. The molecule has 0 spiro atoms. The number of nitrogens with one attached hydrogen (secondary N) is 2. The molecule has 0 aliphatic heterocycles. The Morgan fingerprint density at radius 1 is 0.680 bits per heavy atom. The zero-order valence-electron chi connectivity index (χ0n) is 13.0. The molecule has 0 bridgehead atoms. The molecule has 0 unspecified atom stereocenters. The second-order valence-corrected chi connectivity index (χ2v) is 4.38. The van der Waals surface area contributed by atoms with Crippen LogP contribution in [-0.4, -0.2) is 11.8 Å². The summed E-state index contributed by atoms with van der Waals surface area (Å²) < 4.78 is 0. The topological polar surface area (TPSA) is 161 Å². The van der Waals surface area contributed by atoms with E-state index in [0.29, 0.717) is 0 Å². The molecule has 2 aromatic carbocycles. The molecule has 0 saturated heterocycles. The molecule has 0 heterocycles. The maximum Gasteiger partial charge on any atom is 0.213 e. The molecule has 0 radical (unpaired) electrons. The minimum atomic E-state index is -0.504. The van der Waals surface area contributed by atoms with E-state index >= 15 is 0 Å². The van der Waals surface area contributed by atoms with E-state index in [2.05, 4.69) is 0 Å². The van der Waals surface area contributed by atoms with Crippen molar-refractivity contribution in [3.63, 3.8) is 0 Å². The molecule has 0 aliphatic carbocycles. The fourth-order valence-electron chi connectivity index (χ4n) is 1.63. The second kappa shape index (κ2) is 16.8. The van der Waals surface area contributed by atoms with Gasteiger partial charge in [0.15, 0.2) is 0 Å². The summed E-state index contributed by atoms with van der Waals surface area (Å²) in [5, 5.41) is 19.7. The van der Waals surface area contributed by atoms with Gasteiger partial charge in [0.05, 0.1) is 12.8 Å². The van der Waals surface area contributed by atoms with Crippen LogP contribution in [0.2, 0.25) is 0 Å². The minimum absolute atomic E-state index is 0. The molecule has 0 atom stereocenters. The molecule has 2 N–H and O–H groups in total. The third kappa shape index (κ3) is 12.9. The number of hydroxylamine groups is 2. The van der Waals surface area contributed by atoms with Crippen molar-refractivity contribution in [2.75, 3.05) is 0 Å². The Morgan fingerprint density at radius 2 is 0.960 bits per heavy atom. The van der Waals surface area contributed by atoms with E-state index in [1.807, 2.05) is 36.4 Å². The van der Waals surface area contributed by atoms with Crippen LogP contribution >= 0.6 is 0 Å². The summed E-state index contributed by atoms with van der Waals surface area (Å²) in [5.74, 6) is -1.01. The van der Waals surface area contributed by atoms with Gasteiger partial charge in [0, 0.05) is 21.1 Å². The third-order valence-corrected chi connectivity index (χ3v) is 2.64. The number of benzene rings is 2. The van der Waals surface area contributed by atoms with Crippen LogP contribution in [-0.2, 0) is 54.4 Å². The molecule has 9 heteroatoms. The van der Waals surface area contributed by atoms with Crippen molar-refractivity contribution in [3.8, 4) is 0 Å². The minimum Gasteiger partial charge on any atom is -2.00 e. The molecule has 138 valence electrons. The number of carbonyl (C=O) groups excluding carboxylic acids is 2. The van der Waals surface area contributed by atoms with Gasteiger partial charge in [-0.25, -0.2) is 0 Å². The molecule has 0 aromatic heterocycles. The normalized spacial score (nSPS) is 8.08. The van der Waals surface area contributed by atoms with E-state index in [0.717, 1.165) is 11.1 Å². The number of hydrogen-bond donors (Lipinski definition) is 2. The number of hydrogen-bond acceptors (Lipinski definition) is 4. The first-order valence-electron chi connectivity index (χ1n) is 6.55. The Bertz CT molecular complexity index is 530. The van der Waals surface area contributed by atoms with Gasteiger partial charge in [-0.2, -0.15) is 0 Å². The predicted molar refractivity (Wildman–Crippen MR) is 84.7 cm³/mol. The van der Waals surface area contributed by atoms with E-state index in [4.69, 9.17) is 0 Å². The molecule has 2 amide bonds. The van der Waals surface area contributed by atoms with E-state index in [1.165, 1.54) is 11.0 Å².